The number of imide groups is 1. The number of nitrogens with one attached hydrogen (secondary N) is 1. The van der Waals surface area contributed by atoms with Crippen LogP contribution in [0.2, 0.25) is 0 Å². The number of aromatic amines is 1. The number of carbonyl (C=O) groups is 2. The number of hydrogen-bond donors (Lipinski definition) is 1. The van der Waals surface area contributed by atoms with E-state index in [0.29, 0.717) is 25.1 Å². The van der Waals surface area contributed by atoms with E-state index < -0.39 is 0 Å². The van der Waals surface area contributed by atoms with Gasteiger partial charge in [0, 0.05) is 12.8 Å². The van der Waals surface area contributed by atoms with E-state index in [1.165, 1.54) is 4.90 Å². The van der Waals surface area contributed by atoms with Crippen molar-refractivity contribution >= 4 is 22.8 Å². The van der Waals surface area contributed by atoms with Gasteiger partial charge in [-0.05, 0) is 25.5 Å². The first-order valence-corrected chi connectivity index (χ1v) is 6.46. The number of hydrogen-bond acceptors (Lipinski definition) is 3. The van der Waals surface area contributed by atoms with Crippen LogP contribution in [-0.2, 0) is 9.59 Å². The van der Waals surface area contributed by atoms with Gasteiger partial charge in [-0.1, -0.05) is 12.1 Å². The van der Waals surface area contributed by atoms with Gasteiger partial charge >= 0.3 is 0 Å². The van der Waals surface area contributed by atoms with Gasteiger partial charge in [0.2, 0.25) is 11.8 Å². The second-order valence-electron chi connectivity index (χ2n) is 4.83. The molecule has 1 saturated heterocycles. The number of benzene rings is 1. The minimum absolute atomic E-state index is 0.107. The van der Waals surface area contributed by atoms with Crippen molar-refractivity contribution < 1.29 is 9.59 Å². The Hall–Kier alpha value is -2.17. The standard InChI is InChI=1S/C14H15N3O2/c1-9(17-12(18)7-4-8-13(17)19)14-15-10-5-2-3-6-11(10)16-14/h2-3,5-6,9H,4,7-8H2,1H3,(H,15,16). The van der Waals surface area contributed by atoms with E-state index in [9.17, 15) is 9.59 Å². The molecule has 98 valence electrons. The number of carbonyl (C=O) groups excluding carboxylic acids is 2. The number of amides is 2. The second-order valence-corrected chi connectivity index (χ2v) is 4.83. The van der Waals surface area contributed by atoms with Crippen molar-refractivity contribution in [3.8, 4) is 0 Å². The first-order valence-electron chi connectivity index (χ1n) is 6.46. The van der Waals surface area contributed by atoms with Gasteiger partial charge in [-0.15, -0.1) is 0 Å². The Bertz CT molecular complexity index is 598. The summed E-state index contributed by atoms with van der Waals surface area (Å²) < 4.78 is 0. The van der Waals surface area contributed by atoms with Crippen molar-refractivity contribution in [1.29, 1.82) is 0 Å². The minimum atomic E-state index is -0.340. The first kappa shape index (κ1) is 11.9. The number of nitrogens with zero attached hydrogens (tertiary/aromatic N) is 2. The van der Waals surface area contributed by atoms with E-state index >= 15 is 0 Å². The lowest BCUT2D eigenvalue weighted by Gasteiger charge is -2.29. The molecule has 0 saturated carbocycles. The molecule has 2 amide bonds. The maximum Gasteiger partial charge on any atom is 0.229 e. The Morgan fingerprint density at radius 1 is 1.21 bits per heavy atom. The average Bonchev–Trinajstić information content (AvgIpc) is 2.82. The predicted molar refractivity (Wildman–Crippen MR) is 70.2 cm³/mol. The highest BCUT2D eigenvalue weighted by Gasteiger charge is 2.32. The molecule has 0 bridgehead atoms. The predicted octanol–water partition coefficient (Wildman–Crippen LogP) is 2.16. The number of fused-ring (bicyclic) bond motifs is 1. The van der Waals surface area contributed by atoms with Crippen LogP contribution >= 0.6 is 0 Å². The van der Waals surface area contributed by atoms with Crippen molar-refractivity contribution in [3.05, 3.63) is 30.1 Å². The SMILES string of the molecule is CC(c1nc2ccccc2[nH]1)N1C(=O)CCCC1=O. The molecule has 1 aliphatic heterocycles. The molecule has 1 atom stereocenters. The van der Waals surface area contributed by atoms with Crippen molar-refractivity contribution in [2.75, 3.05) is 0 Å². The maximum absolute atomic E-state index is 11.9. The van der Waals surface area contributed by atoms with Crippen LogP contribution in [0.3, 0.4) is 0 Å². The molecule has 1 N–H and O–H groups in total. The molecular formula is C14H15N3O2. The van der Waals surface area contributed by atoms with Crippen LogP contribution in [0.5, 0.6) is 0 Å². The van der Waals surface area contributed by atoms with Gasteiger partial charge in [0.25, 0.3) is 0 Å². The summed E-state index contributed by atoms with van der Waals surface area (Å²) in [7, 11) is 0. The number of imidazole rings is 1. The molecule has 5 nitrogen and oxygen atoms in total. The summed E-state index contributed by atoms with van der Waals surface area (Å²) in [6.45, 7) is 1.83. The largest absolute Gasteiger partial charge is 0.340 e. The quantitative estimate of drug-likeness (QED) is 0.838. The maximum atomic E-state index is 11.9. The molecule has 2 heterocycles. The normalized spacial score (nSPS) is 18.1. The third kappa shape index (κ3) is 2.01. The van der Waals surface area contributed by atoms with Crippen LogP contribution in [-0.4, -0.2) is 26.7 Å². The summed E-state index contributed by atoms with van der Waals surface area (Å²) in [6.07, 6.45) is 1.54. The van der Waals surface area contributed by atoms with Gasteiger partial charge in [0.1, 0.15) is 5.82 Å². The van der Waals surface area contributed by atoms with E-state index in [4.69, 9.17) is 0 Å². The smallest absolute Gasteiger partial charge is 0.229 e. The van der Waals surface area contributed by atoms with Gasteiger partial charge in [0.15, 0.2) is 0 Å². The van der Waals surface area contributed by atoms with E-state index in [0.717, 1.165) is 11.0 Å². The second kappa shape index (κ2) is 4.50. The van der Waals surface area contributed by atoms with E-state index in [1.54, 1.807) is 0 Å². The van der Waals surface area contributed by atoms with E-state index in [2.05, 4.69) is 9.97 Å². The molecule has 5 heteroatoms. The molecular weight excluding hydrogens is 242 g/mol. The van der Waals surface area contributed by atoms with Crippen LogP contribution in [0.4, 0.5) is 0 Å². The topological polar surface area (TPSA) is 66.1 Å². The lowest BCUT2D eigenvalue weighted by Crippen LogP contribution is -2.42. The molecule has 1 unspecified atom stereocenters. The number of aromatic nitrogens is 2. The molecule has 0 aliphatic carbocycles. The number of likely N-dealkylation sites (tertiary alicyclic amines) is 1. The molecule has 0 spiro atoms. The monoisotopic (exact) mass is 257 g/mol. The number of rotatable bonds is 2. The zero-order valence-electron chi connectivity index (χ0n) is 10.7. The van der Waals surface area contributed by atoms with Crippen molar-refractivity contribution in [2.45, 2.75) is 32.2 Å². The summed E-state index contributed by atoms with van der Waals surface area (Å²) in [5.41, 5.74) is 1.77. The van der Waals surface area contributed by atoms with Crippen molar-refractivity contribution in [3.63, 3.8) is 0 Å². The molecule has 1 aliphatic rings. The third-order valence-electron chi connectivity index (χ3n) is 3.51. The van der Waals surface area contributed by atoms with Gasteiger partial charge < -0.3 is 4.98 Å². The van der Waals surface area contributed by atoms with Gasteiger partial charge in [-0.3, -0.25) is 14.5 Å². The Morgan fingerprint density at radius 3 is 2.58 bits per heavy atom. The highest BCUT2D eigenvalue weighted by Crippen LogP contribution is 2.25. The summed E-state index contributed by atoms with van der Waals surface area (Å²) in [5, 5.41) is 0. The minimum Gasteiger partial charge on any atom is -0.340 e. The zero-order chi connectivity index (χ0) is 13.4. The van der Waals surface area contributed by atoms with Crippen LogP contribution in [0.15, 0.2) is 24.3 Å². The lowest BCUT2D eigenvalue weighted by atomic mass is 10.1. The molecule has 1 fully saturated rings. The fraction of sp³-hybridized carbons (Fsp3) is 0.357. The average molecular weight is 257 g/mol. The molecule has 0 radical (unpaired) electrons. The Kier molecular flexibility index (Phi) is 2.81. The number of H-pyrrole nitrogens is 1. The summed E-state index contributed by atoms with van der Waals surface area (Å²) in [5.74, 6) is 0.443. The van der Waals surface area contributed by atoms with Crippen LogP contribution < -0.4 is 0 Å². The van der Waals surface area contributed by atoms with Crippen molar-refractivity contribution in [1.82, 2.24) is 14.9 Å². The molecule has 1 aromatic heterocycles. The molecule has 3 rings (SSSR count). The molecule has 1 aromatic carbocycles. The fourth-order valence-corrected chi connectivity index (χ4v) is 2.50. The lowest BCUT2D eigenvalue weighted by molar-refractivity contribution is -0.150. The van der Waals surface area contributed by atoms with Gasteiger partial charge in [0.05, 0.1) is 17.1 Å². The highest BCUT2D eigenvalue weighted by molar-refractivity contribution is 5.98. The summed E-state index contributed by atoms with van der Waals surface area (Å²) >= 11 is 0. The van der Waals surface area contributed by atoms with Crippen LogP contribution in [0.25, 0.3) is 11.0 Å². The molecule has 19 heavy (non-hydrogen) atoms. The highest BCUT2D eigenvalue weighted by atomic mass is 16.2. The Morgan fingerprint density at radius 2 is 1.89 bits per heavy atom. The number of piperidine rings is 1. The van der Waals surface area contributed by atoms with E-state index in [1.807, 2.05) is 31.2 Å². The van der Waals surface area contributed by atoms with Gasteiger partial charge in [-0.25, -0.2) is 4.98 Å². The van der Waals surface area contributed by atoms with Gasteiger partial charge in [-0.2, -0.15) is 0 Å². The summed E-state index contributed by atoms with van der Waals surface area (Å²) in [6, 6.07) is 7.33. The first-order chi connectivity index (χ1) is 9.16. The fourth-order valence-electron chi connectivity index (χ4n) is 2.50. The van der Waals surface area contributed by atoms with Crippen LogP contribution in [0, 0.1) is 0 Å². The number of para-hydroxylation sites is 2. The molecule has 2 aromatic rings. The van der Waals surface area contributed by atoms with E-state index in [-0.39, 0.29) is 17.9 Å². The van der Waals surface area contributed by atoms with Crippen molar-refractivity contribution in [2.24, 2.45) is 0 Å². The van der Waals surface area contributed by atoms with Crippen LogP contribution in [0.1, 0.15) is 38.1 Å². The summed E-state index contributed by atoms with van der Waals surface area (Å²) in [4.78, 5) is 32.8. The Labute approximate surface area is 110 Å². The Balaban J connectivity index is 1.96. The third-order valence-corrected chi connectivity index (χ3v) is 3.51. The zero-order valence-corrected chi connectivity index (χ0v) is 10.7.